The molecule has 1 rings (SSSR count). The number of nitrogens with one attached hydrogen (secondary N) is 2. The van der Waals surface area contributed by atoms with Gasteiger partial charge in [-0.25, -0.2) is 0 Å². The Bertz CT molecular complexity index is 460. The van der Waals surface area contributed by atoms with Crippen molar-refractivity contribution >= 4 is 17.3 Å². The summed E-state index contributed by atoms with van der Waals surface area (Å²) in [6.07, 6.45) is 0. The van der Waals surface area contributed by atoms with Crippen LogP contribution in [0.2, 0.25) is 0 Å². The van der Waals surface area contributed by atoms with Gasteiger partial charge >= 0.3 is 0 Å². The molecule has 1 aromatic rings. The topological polar surface area (TPSA) is 84.3 Å². The Hall–Kier alpha value is -2.11. The van der Waals surface area contributed by atoms with Gasteiger partial charge in [0.2, 0.25) is 5.91 Å². The molecule has 0 aliphatic rings. The molecule has 6 heteroatoms. The van der Waals surface area contributed by atoms with Crippen molar-refractivity contribution in [1.82, 2.24) is 5.32 Å². The van der Waals surface area contributed by atoms with E-state index < -0.39 is 11.0 Å². The van der Waals surface area contributed by atoms with E-state index in [1.807, 2.05) is 6.92 Å². The molecule has 0 heterocycles. The molecule has 0 saturated carbocycles. The third kappa shape index (κ3) is 3.19. The van der Waals surface area contributed by atoms with Gasteiger partial charge < -0.3 is 10.6 Å². The third-order valence-corrected chi connectivity index (χ3v) is 2.55. The highest BCUT2D eigenvalue weighted by Gasteiger charge is 2.19. The lowest BCUT2D eigenvalue weighted by Crippen LogP contribution is -2.37. The number of nitro groups is 1. The van der Waals surface area contributed by atoms with Crippen molar-refractivity contribution in [2.75, 3.05) is 11.9 Å². The van der Waals surface area contributed by atoms with Gasteiger partial charge in [0.15, 0.2) is 0 Å². The van der Waals surface area contributed by atoms with Crippen molar-refractivity contribution in [3.8, 4) is 0 Å². The number of para-hydroxylation sites is 1. The number of aryl methyl sites for hydroxylation is 1. The zero-order valence-corrected chi connectivity index (χ0v) is 10.7. The van der Waals surface area contributed by atoms with Gasteiger partial charge in [-0.2, -0.15) is 0 Å². The van der Waals surface area contributed by atoms with Crippen molar-refractivity contribution in [1.29, 1.82) is 0 Å². The summed E-state index contributed by atoms with van der Waals surface area (Å²) < 4.78 is 0. The van der Waals surface area contributed by atoms with Gasteiger partial charge in [0.25, 0.3) is 5.69 Å². The van der Waals surface area contributed by atoms with Gasteiger partial charge in [-0.05, 0) is 26.3 Å². The zero-order valence-electron chi connectivity index (χ0n) is 10.7. The Morgan fingerprint density at radius 2 is 2.17 bits per heavy atom. The van der Waals surface area contributed by atoms with Gasteiger partial charge in [0.1, 0.15) is 11.7 Å². The van der Waals surface area contributed by atoms with E-state index in [0.29, 0.717) is 12.2 Å². The first kappa shape index (κ1) is 14.0. The summed E-state index contributed by atoms with van der Waals surface area (Å²) in [6.45, 7) is 5.78. The van der Waals surface area contributed by atoms with Crippen LogP contribution in [0.5, 0.6) is 0 Å². The lowest BCUT2D eigenvalue weighted by Gasteiger charge is -2.16. The number of nitrogens with zero attached hydrogens (tertiary/aromatic N) is 1. The number of likely N-dealkylation sites (N-methyl/N-ethyl adjacent to an activating group) is 1. The van der Waals surface area contributed by atoms with Crippen LogP contribution in [0.15, 0.2) is 18.2 Å². The molecule has 0 spiro atoms. The van der Waals surface area contributed by atoms with Crippen LogP contribution in [0.1, 0.15) is 19.4 Å². The average Bonchev–Trinajstić information content (AvgIpc) is 2.31. The van der Waals surface area contributed by atoms with Gasteiger partial charge in [-0.15, -0.1) is 0 Å². The SMILES string of the molecule is CCNC(=O)C(C)Nc1c(C)cccc1[N+](=O)[O-]. The summed E-state index contributed by atoms with van der Waals surface area (Å²) in [5.41, 5.74) is 1.10. The second kappa shape index (κ2) is 6.00. The minimum atomic E-state index is -0.523. The highest BCUT2D eigenvalue weighted by atomic mass is 16.6. The molecule has 1 amide bonds. The van der Waals surface area contributed by atoms with Crippen LogP contribution in [0, 0.1) is 17.0 Å². The van der Waals surface area contributed by atoms with Crippen LogP contribution < -0.4 is 10.6 Å². The van der Waals surface area contributed by atoms with Crippen molar-refractivity contribution in [2.45, 2.75) is 26.8 Å². The maximum absolute atomic E-state index is 11.6. The number of anilines is 1. The van der Waals surface area contributed by atoms with E-state index in [2.05, 4.69) is 10.6 Å². The van der Waals surface area contributed by atoms with E-state index in [1.165, 1.54) is 6.07 Å². The molecule has 6 nitrogen and oxygen atoms in total. The van der Waals surface area contributed by atoms with Crippen LogP contribution in [-0.4, -0.2) is 23.4 Å². The highest BCUT2D eigenvalue weighted by molar-refractivity contribution is 5.85. The molecule has 1 unspecified atom stereocenters. The number of hydrogen-bond donors (Lipinski definition) is 2. The molecule has 98 valence electrons. The maximum atomic E-state index is 11.6. The predicted octanol–water partition coefficient (Wildman–Crippen LogP) is 1.84. The van der Waals surface area contributed by atoms with Crippen molar-refractivity contribution in [3.63, 3.8) is 0 Å². The Labute approximate surface area is 106 Å². The largest absolute Gasteiger partial charge is 0.368 e. The first-order valence-electron chi connectivity index (χ1n) is 5.75. The van der Waals surface area contributed by atoms with Crippen molar-refractivity contribution < 1.29 is 9.72 Å². The second-order valence-corrected chi connectivity index (χ2v) is 3.99. The lowest BCUT2D eigenvalue weighted by molar-refractivity contribution is -0.384. The van der Waals surface area contributed by atoms with Crippen molar-refractivity contribution in [3.05, 3.63) is 33.9 Å². The summed E-state index contributed by atoms with van der Waals surface area (Å²) in [5, 5.41) is 16.5. The first-order valence-corrected chi connectivity index (χ1v) is 5.75. The highest BCUT2D eigenvalue weighted by Crippen LogP contribution is 2.28. The van der Waals surface area contributed by atoms with Gasteiger partial charge in [0, 0.05) is 12.6 Å². The molecule has 0 aromatic heterocycles. The average molecular weight is 251 g/mol. The van der Waals surface area contributed by atoms with Crippen molar-refractivity contribution in [2.24, 2.45) is 0 Å². The van der Waals surface area contributed by atoms with E-state index in [0.717, 1.165) is 5.56 Å². The molecule has 18 heavy (non-hydrogen) atoms. The van der Waals surface area contributed by atoms with Gasteiger partial charge in [-0.1, -0.05) is 12.1 Å². The number of amides is 1. The Morgan fingerprint density at radius 1 is 1.50 bits per heavy atom. The quantitative estimate of drug-likeness (QED) is 0.617. The number of rotatable bonds is 5. The lowest BCUT2D eigenvalue weighted by atomic mass is 10.1. The number of hydrogen-bond acceptors (Lipinski definition) is 4. The standard InChI is InChI=1S/C12H17N3O3/c1-4-13-12(16)9(3)14-11-8(2)6-5-7-10(11)15(17)18/h5-7,9,14H,4H2,1-3H3,(H,13,16). The zero-order chi connectivity index (χ0) is 13.7. The molecule has 0 aliphatic heterocycles. The predicted molar refractivity (Wildman–Crippen MR) is 69.6 cm³/mol. The van der Waals surface area contributed by atoms with E-state index >= 15 is 0 Å². The molecule has 1 aromatic carbocycles. The van der Waals surface area contributed by atoms with Crippen LogP contribution in [0.25, 0.3) is 0 Å². The van der Waals surface area contributed by atoms with Crippen LogP contribution in [-0.2, 0) is 4.79 Å². The Morgan fingerprint density at radius 3 is 2.72 bits per heavy atom. The summed E-state index contributed by atoms with van der Waals surface area (Å²) in [7, 11) is 0. The number of nitro benzene ring substituents is 1. The fourth-order valence-electron chi connectivity index (χ4n) is 1.60. The maximum Gasteiger partial charge on any atom is 0.292 e. The molecule has 2 N–H and O–H groups in total. The molecule has 1 atom stereocenters. The molecule has 0 saturated heterocycles. The van der Waals surface area contributed by atoms with Crippen LogP contribution in [0.3, 0.4) is 0 Å². The van der Waals surface area contributed by atoms with E-state index in [4.69, 9.17) is 0 Å². The molecule has 0 fully saturated rings. The molecular weight excluding hydrogens is 234 g/mol. The molecular formula is C12H17N3O3. The first-order chi connectivity index (χ1) is 8.47. The number of benzene rings is 1. The van der Waals surface area contributed by atoms with E-state index in [9.17, 15) is 14.9 Å². The summed E-state index contributed by atoms with van der Waals surface area (Å²) >= 11 is 0. The minimum absolute atomic E-state index is 0.0221. The summed E-state index contributed by atoms with van der Waals surface area (Å²) in [5.74, 6) is -0.185. The molecule has 0 bridgehead atoms. The van der Waals surface area contributed by atoms with Gasteiger partial charge in [0.05, 0.1) is 4.92 Å². The van der Waals surface area contributed by atoms with Crippen LogP contribution >= 0.6 is 0 Å². The van der Waals surface area contributed by atoms with Gasteiger partial charge in [-0.3, -0.25) is 14.9 Å². The van der Waals surface area contributed by atoms with Crippen LogP contribution in [0.4, 0.5) is 11.4 Å². The minimum Gasteiger partial charge on any atom is -0.368 e. The molecule has 0 aliphatic carbocycles. The number of carbonyl (C=O) groups is 1. The monoisotopic (exact) mass is 251 g/mol. The Balaban J connectivity index is 2.96. The summed E-state index contributed by atoms with van der Waals surface area (Å²) in [6, 6.07) is 4.28. The third-order valence-electron chi connectivity index (χ3n) is 2.55. The normalized spacial score (nSPS) is 11.7. The van der Waals surface area contributed by atoms with E-state index in [-0.39, 0.29) is 11.6 Å². The number of carbonyl (C=O) groups excluding carboxylic acids is 1. The fraction of sp³-hybridized carbons (Fsp3) is 0.417. The smallest absolute Gasteiger partial charge is 0.292 e. The van der Waals surface area contributed by atoms with E-state index in [1.54, 1.807) is 26.0 Å². The Kier molecular flexibility index (Phi) is 4.65. The summed E-state index contributed by atoms with van der Waals surface area (Å²) in [4.78, 5) is 22.1. The molecule has 0 radical (unpaired) electrons. The fourth-order valence-corrected chi connectivity index (χ4v) is 1.60. The second-order valence-electron chi connectivity index (χ2n) is 3.99.